The highest BCUT2D eigenvalue weighted by Gasteiger charge is 2.09. The molecule has 0 spiro atoms. The standard InChI is InChI=1S/C12H12BrN3/c1-8-3-4-9(10(13)7-8)11-12(14-2)16-6-5-15-11/h3-7H,1-2H3,(H,14,16). The van der Waals surface area contributed by atoms with E-state index in [9.17, 15) is 0 Å². The Morgan fingerprint density at radius 2 is 1.94 bits per heavy atom. The van der Waals surface area contributed by atoms with E-state index in [2.05, 4.69) is 50.3 Å². The van der Waals surface area contributed by atoms with Gasteiger partial charge < -0.3 is 5.32 Å². The van der Waals surface area contributed by atoms with Crippen molar-refractivity contribution in [2.45, 2.75) is 6.92 Å². The number of hydrogen-bond donors (Lipinski definition) is 1. The van der Waals surface area contributed by atoms with Crippen LogP contribution in [0.25, 0.3) is 11.3 Å². The van der Waals surface area contributed by atoms with E-state index in [1.807, 2.05) is 13.1 Å². The summed E-state index contributed by atoms with van der Waals surface area (Å²) in [6.07, 6.45) is 3.37. The number of aromatic nitrogens is 2. The molecule has 1 heterocycles. The van der Waals surface area contributed by atoms with Crippen LogP contribution in [-0.2, 0) is 0 Å². The largest absolute Gasteiger partial charge is 0.371 e. The van der Waals surface area contributed by atoms with Crippen LogP contribution >= 0.6 is 15.9 Å². The molecular weight excluding hydrogens is 266 g/mol. The number of anilines is 1. The van der Waals surface area contributed by atoms with Crippen LogP contribution in [0.1, 0.15) is 5.56 Å². The average molecular weight is 278 g/mol. The van der Waals surface area contributed by atoms with Gasteiger partial charge in [0.1, 0.15) is 5.69 Å². The molecule has 0 aliphatic heterocycles. The van der Waals surface area contributed by atoms with E-state index in [4.69, 9.17) is 0 Å². The van der Waals surface area contributed by atoms with Gasteiger partial charge in [0.2, 0.25) is 0 Å². The van der Waals surface area contributed by atoms with Crippen LogP contribution in [0.15, 0.2) is 35.1 Å². The monoisotopic (exact) mass is 277 g/mol. The smallest absolute Gasteiger partial charge is 0.152 e. The predicted octanol–water partition coefficient (Wildman–Crippen LogP) is 3.26. The van der Waals surface area contributed by atoms with E-state index in [0.29, 0.717) is 0 Å². The van der Waals surface area contributed by atoms with Crippen LogP contribution in [0.2, 0.25) is 0 Å². The molecule has 4 heteroatoms. The fraction of sp³-hybridized carbons (Fsp3) is 0.167. The van der Waals surface area contributed by atoms with E-state index in [-0.39, 0.29) is 0 Å². The molecule has 0 amide bonds. The van der Waals surface area contributed by atoms with Gasteiger partial charge >= 0.3 is 0 Å². The molecule has 3 nitrogen and oxygen atoms in total. The predicted molar refractivity (Wildman–Crippen MR) is 69.5 cm³/mol. The lowest BCUT2D eigenvalue weighted by atomic mass is 10.1. The summed E-state index contributed by atoms with van der Waals surface area (Å²) in [4.78, 5) is 8.60. The molecule has 0 bridgehead atoms. The van der Waals surface area contributed by atoms with Gasteiger partial charge in [-0.3, -0.25) is 4.98 Å². The highest BCUT2D eigenvalue weighted by molar-refractivity contribution is 9.10. The van der Waals surface area contributed by atoms with Crippen LogP contribution in [-0.4, -0.2) is 17.0 Å². The number of rotatable bonds is 2. The van der Waals surface area contributed by atoms with Crippen molar-refractivity contribution in [2.75, 3.05) is 12.4 Å². The fourth-order valence-electron chi connectivity index (χ4n) is 1.53. The molecule has 0 saturated carbocycles. The molecule has 82 valence electrons. The summed E-state index contributed by atoms with van der Waals surface area (Å²) in [6, 6.07) is 6.18. The van der Waals surface area contributed by atoms with E-state index in [1.54, 1.807) is 12.4 Å². The first-order valence-electron chi connectivity index (χ1n) is 4.97. The molecule has 1 aromatic heterocycles. The summed E-state index contributed by atoms with van der Waals surface area (Å²) in [5, 5.41) is 3.04. The zero-order valence-electron chi connectivity index (χ0n) is 9.16. The Kier molecular flexibility index (Phi) is 3.19. The third kappa shape index (κ3) is 2.07. The molecule has 16 heavy (non-hydrogen) atoms. The quantitative estimate of drug-likeness (QED) is 0.916. The van der Waals surface area contributed by atoms with Gasteiger partial charge in [0, 0.05) is 29.5 Å². The van der Waals surface area contributed by atoms with Crippen molar-refractivity contribution in [3.63, 3.8) is 0 Å². The van der Waals surface area contributed by atoms with Crippen LogP contribution in [0.4, 0.5) is 5.82 Å². The van der Waals surface area contributed by atoms with Gasteiger partial charge in [-0.15, -0.1) is 0 Å². The van der Waals surface area contributed by atoms with Crippen molar-refractivity contribution < 1.29 is 0 Å². The number of halogens is 1. The van der Waals surface area contributed by atoms with Gasteiger partial charge in [-0.1, -0.05) is 28.1 Å². The summed E-state index contributed by atoms with van der Waals surface area (Å²) < 4.78 is 1.03. The average Bonchev–Trinajstić information content (AvgIpc) is 2.29. The minimum Gasteiger partial charge on any atom is -0.371 e. The number of hydrogen-bond acceptors (Lipinski definition) is 3. The van der Waals surface area contributed by atoms with Crippen LogP contribution in [0.5, 0.6) is 0 Å². The van der Waals surface area contributed by atoms with Gasteiger partial charge in [-0.2, -0.15) is 0 Å². The Morgan fingerprint density at radius 3 is 2.62 bits per heavy atom. The molecule has 2 aromatic rings. The maximum Gasteiger partial charge on any atom is 0.152 e. The van der Waals surface area contributed by atoms with Crippen molar-refractivity contribution in [3.8, 4) is 11.3 Å². The first kappa shape index (κ1) is 11.1. The zero-order valence-corrected chi connectivity index (χ0v) is 10.7. The molecule has 0 aliphatic carbocycles. The molecule has 1 aromatic carbocycles. The van der Waals surface area contributed by atoms with Crippen molar-refractivity contribution >= 4 is 21.7 Å². The first-order valence-corrected chi connectivity index (χ1v) is 5.77. The molecule has 0 unspecified atom stereocenters. The van der Waals surface area contributed by atoms with E-state index in [1.165, 1.54) is 5.56 Å². The molecular formula is C12H12BrN3. The van der Waals surface area contributed by atoms with Gasteiger partial charge in [0.15, 0.2) is 5.82 Å². The van der Waals surface area contributed by atoms with Crippen molar-refractivity contribution in [1.82, 2.24) is 9.97 Å². The summed E-state index contributed by atoms with van der Waals surface area (Å²) in [5.74, 6) is 0.784. The van der Waals surface area contributed by atoms with Crippen molar-refractivity contribution in [1.29, 1.82) is 0 Å². The second kappa shape index (κ2) is 4.61. The molecule has 1 N–H and O–H groups in total. The second-order valence-corrected chi connectivity index (χ2v) is 4.34. The molecule has 0 fully saturated rings. The van der Waals surface area contributed by atoms with Gasteiger partial charge in [-0.25, -0.2) is 4.98 Å². The lowest BCUT2D eigenvalue weighted by Gasteiger charge is -2.08. The topological polar surface area (TPSA) is 37.8 Å². The van der Waals surface area contributed by atoms with Gasteiger partial charge in [-0.05, 0) is 18.6 Å². The van der Waals surface area contributed by atoms with Crippen molar-refractivity contribution in [3.05, 3.63) is 40.6 Å². The molecule has 0 saturated heterocycles. The normalized spacial score (nSPS) is 10.2. The van der Waals surface area contributed by atoms with Crippen LogP contribution < -0.4 is 5.32 Å². The summed E-state index contributed by atoms with van der Waals surface area (Å²) in [5.41, 5.74) is 3.12. The number of aryl methyl sites for hydroxylation is 1. The molecule has 0 aliphatic rings. The van der Waals surface area contributed by atoms with Crippen molar-refractivity contribution in [2.24, 2.45) is 0 Å². The summed E-state index contributed by atoms with van der Waals surface area (Å²) >= 11 is 3.55. The Balaban J connectivity index is 2.58. The minimum absolute atomic E-state index is 0.784. The SMILES string of the molecule is CNc1nccnc1-c1ccc(C)cc1Br. The zero-order chi connectivity index (χ0) is 11.5. The lowest BCUT2D eigenvalue weighted by Crippen LogP contribution is -1.97. The van der Waals surface area contributed by atoms with E-state index >= 15 is 0 Å². The second-order valence-electron chi connectivity index (χ2n) is 3.49. The number of nitrogens with one attached hydrogen (secondary N) is 1. The maximum atomic E-state index is 4.36. The first-order chi connectivity index (χ1) is 7.72. The summed E-state index contributed by atoms with van der Waals surface area (Å²) in [7, 11) is 1.84. The third-order valence-corrected chi connectivity index (χ3v) is 2.97. The molecule has 0 atom stereocenters. The van der Waals surface area contributed by atoms with E-state index < -0.39 is 0 Å². The highest BCUT2D eigenvalue weighted by Crippen LogP contribution is 2.30. The number of benzene rings is 1. The van der Waals surface area contributed by atoms with Gasteiger partial charge in [0.05, 0.1) is 0 Å². The van der Waals surface area contributed by atoms with E-state index in [0.717, 1.165) is 21.5 Å². The minimum atomic E-state index is 0.784. The van der Waals surface area contributed by atoms with Gasteiger partial charge in [0.25, 0.3) is 0 Å². The van der Waals surface area contributed by atoms with Crippen LogP contribution in [0.3, 0.4) is 0 Å². The Bertz CT molecular complexity index is 511. The van der Waals surface area contributed by atoms with Crippen LogP contribution in [0, 0.1) is 6.92 Å². The molecule has 0 radical (unpaired) electrons. The molecule has 2 rings (SSSR count). The highest BCUT2D eigenvalue weighted by atomic mass is 79.9. The number of nitrogens with zero attached hydrogens (tertiary/aromatic N) is 2. The lowest BCUT2D eigenvalue weighted by molar-refractivity contribution is 1.19. The fourth-order valence-corrected chi connectivity index (χ4v) is 2.21. The summed E-state index contributed by atoms with van der Waals surface area (Å²) in [6.45, 7) is 2.06. The Labute approximate surface area is 103 Å². The third-order valence-electron chi connectivity index (χ3n) is 2.31. The Hall–Kier alpha value is -1.42. The Morgan fingerprint density at radius 1 is 1.19 bits per heavy atom. The maximum absolute atomic E-state index is 4.36.